The van der Waals surface area contributed by atoms with Crippen molar-refractivity contribution in [3.8, 4) is 0 Å². The van der Waals surface area contributed by atoms with Gasteiger partial charge in [-0.15, -0.1) is 10.2 Å². The molecule has 1 aromatic carbocycles. The summed E-state index contributed by atoms with van der Waals surface area (Å²) in [6.45, 7) is 3.93. The lowest BCUT2D eigenvalue weighted by molar-refractivity contribution is -0.119. The average molecular weight is 348 g/mol. The summed E-state index contributed by atoms with van der Waals surface area (Å²) in [6.07, 6.45) is 0. The number of fused-ring (bicyclic) bond motifs is 1. The van der Waals surface area contributed by atoms with Crippen molar-refractivity contribution in [2.75, 3.05) is 11.5 Å². The van der Waals surface area contributed by atoms with Crippen LogP contribution in [-0.2, 0) is 4.79 Å². The third-order valence-electron chi connectivity index (χ3n) is 3.19. The summed E-state index contributed by atoms with van der Waals surface area (Å²) in [6, 6.07) is 5.82. The monoisotopic (exact) mass is 348 g/mol. The molecule has 2 aromatic heterocycles. The second kappa shape index (κ2) is 6.55. The number of thioether (sulfide) groups is 1. The number of nitrogens with zero attached hydrogens (tertiary/aromatic N) is 3. The van der Waals surface area contributed by atoms with Gasteiger partial charge in [0, 0.05) is 0 Å². The molecule has 4 N–H and O–H groups in total. The summed E-state index contributed by atoms with van der Waals surface area (Å²) in [7, 11) is 0. The van der Waals surface area contributed by atoms with Gasteiger partial charge in [0.25, 0.3) is 0 Å². The Bertz CT molecular complexity index is 843. The van der Waals surface area contributed by atoms with E-state index < -0.39 is 0 Å². The largest absolute Gasteiger partial charge is 0.374 e. The molecule has 3 aromatic rings. The van der Waals surface area contributed by atoms with E-state index in [4.69, 9.17) is 5.73 Å². The Morgan fingerprint density at radius 2 is 2.30 bits per heavy atom. The fourth-order valence-electron chi connectivity index (χ4n) is 2.11. The summed E-state index contributed by atoms with van der Waals surface area (Å²) >= 11 is 2.59. The molecule has 9 heteroatoms. The van der Waals surface area contributed by atoms with Crippen LogP contribution < -0.4 is 11.1 Å². The van der Waals surface area contributed by atoms with Crippen LogP contribution in [0, 0.1) is 6.92 Å². The Labute approximate surface area is 141 Å². The molecule has 1 atom stereocenters. The number of imidazole rings is 1. The van der Waals surface area contributed by atoms with Crippen LogP contribution in [0.25, 0.3) is 11.0 Å². The van der Waals surface area contributed by atoms with Gasteiger partial charge in [0.2, 0.25) is 11.0 Å². The number of hydrogen-bond donors (Lipinski definition) is 3. The molecule has 0 fully saturated rings. The van der Waals surface area contributed by atoms with E-state index in [2.05, 4.69) is 25.5 Å². The number of nitrogens with one attached hydrogen (secondary N) is 2. The second-order valence-electron chi connectivity index (χ2n) is 5.13. The SMILES string of the molecule is Cc1ccc2nc([C@@H](C)NC(=O)CSc3nnc(N)s3)[nH]c2c1. The van der Waals surface area contributed by atoms with Gasteiger partial charge < -0.3 is 16.0 Å². The molecular formula is C14H16N6OS2. The van der Waals surface area contributed by atoms with Crippen LogP contribution in [-0.4, -0.2) is 31.8 Å². The third-order valence-corrected chi connectivity index (χ3v) is 5.08. The number of anilines is 1. The van der Waals surface area contributed by atoms with Crippen LogP contribution in [0.2, 0.25) is 0 Å². The number of hydrogen-bond acceptors (Lipinski definition) is 7. The summed E-state index contributed by atoms with van der Waals surface area (Å²) in [4.78, 5) is 19.8. The number of amides is 1. The van der Waals surface area contributed by atoms with Crippen LogP contribution in [0.5, 0.6) is 0 Å². The molecule has 0 aliphatic rings. The molecule has 0 unspecified atom stereocenters. The molecule has 0 aliphatic carbocycles. The zero-order valence-electron chi connectivity index (χ0n) is 12.7. The number of H-pyrrole nitrogens is 1. The number of carbonyl (C=O) groups is 1. The Kier molecular flexibility index (Phi) is 4.49. The second-order valence-corrected chi connectivity index (χ2v) is 7.36. The van der Waals surface area contributed by atoms with Crippen molar-refractivity contribution in [2.24, 2.45) is 0 Å². The highest BCUT2D eigenvalue weighted by molar-refractivity contribution is 8.01. The minimum atomic E-state index is -0.199. The number of nitrogen functional groups attached to an aromatic ring is 1. The topological polar surface area (TPSA) is 110 Å². The van der Waals surface area contributed by atoms with Crippen molar-refractivity contribution in [1.29, 1.82) is 0 Å². The maximum Gasteiger partial charge on any atom is 0.231 e. The minimum Gasteiger partial charge on any atom is -0.374 e. The number of benzene rings is 1. The highest BCUT2D eigenvalue weighted by atomic mass is 32.2. The smallest absolute Gasteiger partial charge is 0.231 e. The van der Waals surface area contributed by atoms with Gasteiger partial charge >= 0.3 is 0 Å². The van der Waals surface area contributed by atoms with E-state index in [0.717, 1.165) is 22.4 Å². The van der Waals surface area contributed by atoms with Gasteiger partial charge in [-0.1, -0.05) is 29.2 Å². The summed E-state index contributed by atoms with van der Waals surface area (Å²) in [5.41, 5.74) is 8.54. The maximum atomic E-state index is 12.0. The van der Waals surface area contributed by atoms with Gasteiger partial charge in [-0.3, -0.25) is 4.79 Å². The van der Waals surface area contributed by atoms with Gasteiger partial charge in [0.15, 0.2) is 4.34 Å². The number of nitrogens with two attached hydrogens (primary N) is 1. The average Bonchev–Trinajstić information content (AvgIpc) is 3.10. The maximum absolute atomic E-state index is 12.0. The van der Waals surface area contributed by atoms with E-state index in [-0.39, 0.29) is 17.7 Å². The molecule has 2 heterocycles. The first-order valence-electron chi connectivity index (χ1n) is 6.98. The Hall–Kier alpha value is -2.13. The van der Waals surface area contributed by atoms with Crippen LogP contribution in [0.15, 0.2) is 22.5 Å². The Morgan fingerprint density at radius 1 is 1.48 bits per heavy atom. The summed E-state index contributed by atoms with van der Waals surface area (Å²) in [5, 5.41) is 10.9. The molecule has 0 bridgehead atoms. The Balaban J connectivity index is 1.60. The molecule has 1 amide bonds. The van der Waals surface area contributed by atoms with E-state index in [1.54, 1.807) is 0 Å². The molecule has 0 aliphatic heterocycles. The zero-order valence-corrected chi connectivity index (χ0v) is 14.3. The Morgan fingerprint density at radius 3 is 3.04 bits per heavy atom. The fraction of sp³-hybridized carbons (Fsp3) is 0.286. The van der Waals surface area contributed by atoms with Gasteiger partial charge in [-0.05, 0) is 31.5 Å². The molecule has 23 heavy (non-hydrogen) atoms. The van der Waals surface area contributed by atoms with E-state index >= 15 is 0 Å². The molecule has 120 valence electrons. The van der Waals surface area contributed by atoms with E-state index in [1.165, 1.54) is 23.1 Å². The van der Waals surface area contributed by atoms with Crippen LogP contribution in [0.4, 0.5) is 5.13 Å². The van der Waals surface area contributed by atoms with Gasteiger partial charge in [0.05, 0.1) is 22.8 Å². The number of aryl methyl sites for hydroxylation is 1. The lowest BCUT2D eigenvalue weighted by Crippen LogP contribution is -2.28. The normalized spacial score (nSPS) is 12.4. The standard InChI is InChI=1S/C14H16N6OS2/c1-7-3-4-9-10(5-7)18-12(17-9)8(2)16-11(21)6-22-14-20-19-13(15)23-14/h3-5,8H,6H2,1-2H3,(H2,15,19)(H,16,21)(H,17,18)/t8-/m1/s1. The predicted molar refractivity (Wildman–Crippen MR) is 92.4 cm³/mol. The van der Waals surface area contributed by atoms with Crippen molar-refractivity contribution in [3.63, 3.8) is 0 Å². The van der Waals surface area contributed by atoms with Crippen LogP contribution in [0.3, 0.4) is 0 Å². The lowest BCUT2D eigenvalue weighted by Gasteiger charge is -2.10. The third kappa shape index (κ3) is 3.80. The van der Waals surface area contributed by atoms with Crippen LogP contribution >= 0.6 is 23.1 Å². The first-order valence-corrected chi connectivity index (χ1v) is 8.79. The molecule has 0 saturated carbocycles. The van der Waals surface area contributed by atoms with E-state index in [1.807, 2.05) is 32.0 Å². The fourth-order valence-corrected chi connectivity index (χ4v) is 3.55. The van der Waals surface area contributed by atoms with Crippen molar-refractivity contribution in [1.82, 2.24) is 25.5 Å². The van der Waals surface area contributed by atoms with Gasteiger partial charge in [-0.25, -0.2) is 4.98 Å². The van der Waals surface area contributed by atoms with Crippen molar-refractivity contribution < 1.29 is 4.79 Å². The van der Waals surface area contributed by atoms with Gasteiger partial charge in [-0.2, -0.15) is 0 Å². The highest BCUT2D eigenvalue weighted by Gasteiger charge is 2.14. The van der Waals surface area contributed by atoms with Crippen LogP contribution in [0.1, 0.15) is 24.4 Å². The highest BCUT2D eigenvalue weighted by Crippen LogP contribution is 2.23. The number of rotatable bonds is 5. The molecular weight excluding hydrogens is 332 g/mol. The summed E-state index contributed by atoms with van der Waals surface area (Å²) < 4.78 is 0.685. The van der Waals surface area contributed by atoms with Gasteiger partial charge in [0.1, 0.15) is 5.82 Å². The number of aromatic amines is 1. The first-order chi connectivity index (χ1) is 11.0. The van der Waals surface area contributed by atoms with E-state index in [0.29, 0.717) is 9.47 Å². The minimum absolute atomic E-state index is 0.0899. The number of carbonyl (C=O) groups excluding carboxylic acids is 1. The lowest BCUT2D eigenvalue weighted by atomic mass is 10.2. The molecule has 0 saturated heterocycles. The van der Waals surface area contributed by atoms with E-state index in [9.17, 15) is 4.79 Å². The number of aromatic nitrogens is 4. The van der Waals surface area contributed by atoms with Crippen molar-refractivity contribution >= 4 is 45.2 Å². The molecule has 7 nitrogen and oxygen atoms in total. The zero-order chi connectivity index (χ0) is 16.4. The quantitative estimate of drug-likeness (QED) is 0.610. The molecule has 3 rings (SSSR count). The first kappa shape index (κ1) is 15.8. The molecule has 0 radical (unpaired) electrons. The molecule has 0 spiro atoms. The van der Waals surface area contributed by atoms with Crippen molar-refractivity contribution in [2.45, 2.75) is 24.2 Å². The van der Waals surface area contributed by atoms with Crippen molar-refractivity contribution in [3.05, 3.63) is 29.6 Å². The predicted octanol–water partition coefficient (Wildman–Crippen LogP) is 2.27. The summed E-state index contributed by atoms with van der Waals surface area (Å²) in [5.74, 6) is 0.912.